The number of nitrogens with zero attached hydrogens (tertiary/aromatic N) is 3. The summed E-state index contributed by atoms with van der Waals surface area (Å²) in [4.78, 5) is 34.1. The number of carbonyl (C=O) groups excluding carboxylic acids is 2. The van der Waals surface area contributed by atoms with E-state index in [-0.39, 0.29) is 24.3 Å². The minimum atomic E-state index is -0.494. The number of hydrogen-bond donors (Lipinski definition) is 1. The Labute approximate surface area is 112 Å². The van der Waals surface area contributed by atoms with Crippen LogP contribution < -0.4 is 5.32 Å². The molecule has 6 heteroatoms. The van der Waals surface area contributed by atoms with Gasteiger partial charge in [0.25, 0.3) is 0 Å². The van der Waals surface area contributed by atoms with Gasteiger partial charge in [0.2, 0.25) is 11.8 Å². The summed E-state index contributed by atoms with van der Waals surface area (Å²) in [5.41, 5.74) is 0. The van der Waals surface area contributed by atoms with Gasteiger partial charge in [0.15, 0.2) is 0 Å². The third-order valence-electron chi connectivity index (χ3n) is 3.18. The number of nitrogens with one attached hydrogen (secondary N) is 1. The lowest BCUT2D eigenvalue weighted by Crippen LogP contribution is -2.63. The quantitative estimate of drug-likeness (QED) is 0.852. The van der Waals surface area contributed by atoms with E-state index >= 15 is 0 Å². The first kappa shape index (κ1) is 13.5. The molecule has 0 bridgehead atoms. The molecule has 6 nitrogen and oxygen atoms in total. The predicted octanol–water partition coefficient (Wildman–Crippen LogP) is 0.348. The zero-order chi connectivity index (χ0) is 14.0. The molecule has 1 aliphatic heterocycles. The first-order chi connectivity index (χ1) is 9.00. The van der Waals surface area contributed by atoms with E-state index in [9.17, 15) is 9.59 Å². The molecule has 1 aliphatic rings. The molecule has 0 spiro atoms. The summed E-state index contributed by atoms with van der Waals surface area (Å²) in [6.07, 6.45) is 3.26. The number of rotatable bonds is 3. The van der Waals surface area contributed by atoms with Gasteiger partial charge >= 0.3 is 0 Å². The van der Waals surface area contributed by atoms with Crippen LogP contribution in [0.5, 0.6) is 0 Å². The molecule has 1 fully saturated rings. The molecule has 0 aromatic carbocycles. The zero-order valence-corrected chi connectivity index (χ0v) is 11.3. The van der Waals surface area contributed by atoms with Crippen molar-refractivity contribution in [3.05, 3.63) is 24.3 Å². The maximum absolute atomic E-state index is 12.2. The van der Waals surface area contributed by atoms with E-state index in [0.29, 0.717) is 5.82 Å². The number of carbonyl (C=O) groups is 2. The highest BCUT2D eigenvalue weighted by atomic mass is 16.2. The summed E-state index contributed by atoms with van der Waals surface area (Å²) in [6.45, 7) is 5.80. The molecule has 0 radical (unpaired) electrons. The van der Waals surface area contributed by atoms with E-state index < -0.39 is 12.1 Å². The summed E-state index contributed by atoms with van der Waals surface area (Å²) in [5.74, 6) is 0.382. The highest BCUT2D eigenvalue weighted by Gasteiger charge is 2.40. The Morgan fingerprint density at radius 2 is 1.95 bits per heavy atom. The highest BCUT2D eigenvalue weighted by Crippen LogP contribution is 2.19. The highest BCUT2D eigenvalue weighted by molar-refractivity contribution is 5.96. The topological polar surface area (TPSA) is 75.2 Å². The molecule has 1 N–H and O–H groups in total. The Morgan fingerprint density at radius 3 is 2.53 bits per heavy atom. The van der Waals surface area contributed by atoms with Gasteiger partial charge in [-0.25, -0.2) is 9.97 Å². The Morgan fingerprint density at radius 1 is 1.32 bits per heavy atom. The Hall–Kier alpha value is -1.98. The molecule has 102 valence electrons. The summed E-state index contributed by atoms with van der Waals surface area (Å²) in [5, 5.41) is 2.71. The maximum atomic E-state index is 12.2. The van der Waals surface area contributed by atoms with Crippen molar-refractivity contribution in [1.29, 1.82) is 0 Å². The smallest absolute Gasteiger partial charge is 0.245 e. The van der Waals surface area contributed by atoms with Gasteiger partial charge < -0.3 is 10.2 Å². The number of piperazine rings is 1. The van der Waals surface area contributed by atoms with Crippen molar-refractivity contribution < 1.29 is 9.59 Å². The van der Waals surface area contributed by atoms with Crippen LogP contribution in [-0.4, -0.2) is 38.8 Å². The molecule has 1 aromatic heterocycles. The third kappa shape index (κ3) is 2.72. The molecule has 1 aromatic rings. The Kier molecular flexibility index (Phi) is 3.78. The van der Waals surface area contributed by atoms with Crippen LogP contribution in [0.25, 0.3) is 0 Å². The molecule has 0 aliphatic carbocycles. The maximum Gasteiger partial charge on any atom is 0.245 e. The summed E-state index contributed by atoms with van der Waals surface area (Å²) in [7, 11) is 0. The standard InChI is InChI=1S/C13H18N4O2/c1-8(2)11-12(18)16-9(3)13(19)17(11)7-10-14-5-4-6-15-10/h4-6,8-9,11H,7H2,1-3H3,(H,16,18). The van der Waals surface area contributed by atoms with Gasteiger partial charge in [0, 0.05) is 12.4 Å². The molecule has 2 rings (SSSR count). The minimum Gasteiger partial charge on any atom is -0.343 e. The third-order valence-corrected chi connectivity index (χ3v) is 3.18. The number of amides is 2. The second kappa shape index (κ2) is 5.34. The molecule has 1 saturated heterocycles. The van der Waals surface area contributed by atoms with Crippen molar-refractivity contribution in [2.24, 2.45) is 5.92 Å². The molecular weight excluding hydrogens is 244 g/mol. The average Bonchev–Trinajstić information content (AvgIpc) is 2.36. The van der Waals surface area contributed by atoms with Crippen LogP contribution in [0.3, 0.4) is 0 Å². The fourth-order valence-electron chi connectivity index (χ4n) is 2.29. The molecule has 19 heavy (non-hydrogen) atoms. The lowest BCUT2D eigenvalue weighted by molar-refractivity contribution is -0.151. The van der Waals surface area contributed by atoms with E-state index in [2.05, 4.69) is 15.3 Å². The lowest BCUT2D eigenvalue weighted by Gasteiger charge is -2.39. The minimum absolute atomic E-state index is 0.0418. The second-order valence-corrected chi connectivity index (χ2v) is 5.05. The first-order valence-electron chi connectivity index (χ1n) is 6.37. The van der Waals surface area contributed by atoms with Gasteiger partial charge in [-0.3, -0.25) is 9.59 Å². The normalized spacial score (nSPS) is 23.7. The first-order valence-corrected chi connectivity index (χ1v) is 6.37. The van der Waals surface area contributed by atoms with Gasteiger partial charge in [-0.1, -0.05) is 13.8 Å². The molecule has 2 amide bonds. The monoisotopic (exact) mass is 262 g/mol. The largest absolute Gasteiger partial charge is 0.343 e. The van der Waals surface area contributed by atoms with E-state index in [4.69, 9.17) is 0 Å². The number of hydrogen-bond acceptors (Lipinski definition) is 4. The van der Waals surface area contributed by atoms with Crippen LogP contribution in [0.4, 0.5) is 0 Å². The fourth-order valence-corrected chi connectivity index (χ4v) is 2.29. The van der Waals surface area contributed by atoms with Crippen LogP contribution in [0.15, 0.2) is 18.5 Å². The van der Waals surface area contributed by atoms with Gasteiger partial charge in [-0.15, -0.1) is 0 Å². The zero-order valence-electron chi connectivity index (χ0n) is 11.3. The number of aromatic nitrogens is 2. The Bertz CT molecular complexity index is 475. The van der Waals surface area contributed by atoms with Gasteiger partial charge in [0.05, 0.1) is 6.54 Å². The molecular formula is C13H18N4O2. The van der Waals surface area contributed by atoms with Gasteiger partial charge in [-0.2, -0.15) is 0 Å². The van der Waals surface area contributed by atoms with Crippen molar-refractivity contribution in [3.8, 4) is 0 Å². The van der Waals surface area contributed by atoms with Gasteiger partial charge in [-0.05, 0) is 18.9 Å². The molecule has 0 saturated carbocycles. The molecule has 2 atom stereocenters. The van der Waals surface area contributed by atoms with Crippen LogP contribution in [0.1, 0.15) is 26.6 Å². The second-order valence-electron chi connectivity index (χ2n) is 5.05. The van der Waals surface area contributed by atoms with Crippen LogP contribution in [0, 0.1) is 5.92 Å². The van der Waals surface area contributed by atoms with Crippen molar-refractivity contribution in [1.82, 2.24) is 20.2 Å². The van der Waals surface area contributed by atoms with Crippen LogP contribution >= 0.6 is 0 Å². The molecule has 2 unspecified atom stereocenters. The Balaban J connectivity index is 2.26. The summed E-state index contributed by atoms with van der Waals surface area (Å²) >= 11 is 0. The lowest BCUT2D eigenvalue weighted by atomic mass is 9.97. The van der Waals surface area contributed by atoms with Crippen LogP contribution in [0.2, 0.25) is 0 Å². The van der Waals surface area contributed by atoms with E-state index in [0.717, 1.165) is 0 Å². The van der Waals surface area contributed by atoms with E-state index in [1.165, 1.54) is 0 Å². The van der Waals surface area contributed by atoms with Crippen molar-refractivity contribution in [2.45, 2.75) is 39.4 Å². The predicted molar refractivity (Wildman–Crippen MR) is 68.8 cm³/mol. The SMILES string of the molecule is CC1NC(=O)C(C(C)C)N(Cc2ncccn2)C1=O. The van der Waals surface area contributed by atoms with Crippen LogP contribution in [-0.2, 0) is 16.1 Å². The fraction of sp³-hybridized carbons (Fsp3) is 0.538. The summed E-state index contributed by atoms with van der Waals surface area (Å²) in [6, 6.07) is 0.760. The van der Waals surface area contributed by atoms with Gasteiger partial charge in [0.1, 0.15) is 17.9 Å². The van der Waals surface area contributed by atoms with Crippen molar-refractivity contribution >= 4 is 11.8 Å². The summed E-state index contributed by atoms with van der Waals surface area (Å²) < 4.78 is 0. The van der Waals surface area contributed by atoms with Crippen molar-refractivity contribution in [2.75, 3.05) is 0 Å². The molecule has 2 heterocycles. The average molecular weight is 262 g/mol. The van der Waals surface area contributed by atoms with E-state index in [1.807, 2.05) is 13.8 Å². The van der Waals surface area contributed by atoms with E-state index in [1.54, 1.807) is 30.3 Å². The van der Waals surface area contributed by atoms with Crippen molar-refractivity contribution in [3.63, 3.8) is 0 Å².